The standard InChI is InChI=1S/C12H15FN/c13-12-3-1-2-11(9-12)8-10-4-6-14-7-5-10/h1-3,9-10H,4-8H2. The lowest BCUT2D eigenvalue weighted by Crippen LogP contribution is -2.23. The molecule has 1 aromatic carbocycles. The third kappa shape index (κ3) is 2.55. The van der Waals surface area contributed by atoms with Crippen molar-refractivity contribution in [2.75, 3.05) is 13.1 Å². The Balaban J connectivity index is 1.95. The molecule has 0 aliphatic carbocycles. The van der Waals surface area contributed by atoms with Crippen LogP contribution in [-0.4, -0.2) is 13.1 Å². The molecule has 1 aromatic rings. The lowest BCUT2D eigenvalue weighted by atomic mass is 9.91. The van der Waals surface area contributed by atoms with E-state index in [1.54, 1.807) is 12.1 Å². The van der Waals surface area contributed by atoms with Gasteiger partial charge in [0.15, 0.2) is 0 Å². The average Bonchev–Trinajstić information content (AvgIpc) is 2.19. The molecule has 2 rings (SSSR count). The summed E-state index contributed by atoms with van der Waals surface area (Å²) in [6, 6.07) is 6.94. The van der Waals surface area contributed by atoms with E-state index >= 15 is 0 Å². The van der Waals surface area contributed by atoms with Crippen LogP contribution in [-0.2, 0) is 6.42 Å². The van der Waals surface area contributed by atoms with Crippen LogP contribution in [0.3, 0.4) is 0 Å². The zero-order valence-electron chi connectivity index (χ0n) is 8.25. The SMILES string of the molecule is Fc1cccc(CC2CC[N]CC2)c1. The van der Waals surface area contributed by atoms with E-state index in [9.17, 15) is 4.39 Å². The van der Waals surface area contributed by atoms with Gasteiger partial charge < -0.3 is 0 Å². The van der Waals surface area contributed by atoms with Gasteiger partial charge in [0.1, 0.15) is 5.82 Å². The molecule has 1 fully saturated rings. The van der Waals surface area contributed by atoms with Gasteiger partial charge in [-0.1, -0.05) is 12.1 Å². The normalized spacial score (nSPS) is 18.4. The second-order valence-electron chi connectivity index (χ2n) is 3.95. The maximum atomic E-state index is 12.9. The van der Waals surface area contributed by atoms with E-state index in [0.29, 0.717) is 5.92 Å². The number of rotatable bonds is 2. The Morgan fingerprint density at radius 2 is 2.07 bits per heavy atom. The van der Waals surface area contributed by atoms with Crippen LogP contribution < -0.4 is 5.32 Å². The van der Waals surface area contributed by atoms with Gasteiger partial charge >= 0.3 is 0 Å². The maximum Gasteiger partial charge on any atom is 0.123 e. The van der Waals surface area contributed by atoms with Gasteiger partial charge in [-0.2, -0.15) is 0 Å². The highest BCUT2D eigenvalue weighted by atomic mass is 19.1. The number of hydrogen-bond acceptors (Lipinski definition) is 0. The zero-order valence-corrected chi connectivity index (χ0v) is 8.25. The molecule has 14 heavy (non-hydrogen) atoms. The molecule has 0 aromatic heterocycles. The Kier molecular flexibility index (Phi) is 3.14. The first-order chi connectivity index (χ1) is 6.84. The third-order valence-corrected chi connectivity index (χ3v) is 2.80. The van der Waals surface area contributed by atoms with Crippen LogP contribution in [0.1, 0.15) is 18.4 Å². The molecular formula is C12H15FN. The topological polar surface area (TPSA) is 14.1 Å². The van der Waals surface area contributed by atoms with E-state index in [1.807, 2.05) is 6.07 Å². The summed E-state index contributed by atoms with van der Waals surface area (Å²) in [7, 11) is 0. The first kappa shape index (κ1) is 9.66. The molecular weight excluding hydrogens is 177 g/mol. The fourth-order valence-electron chi connectivity index (χ4n) is 2.01. The van der Waals surface area contributed by atoms with Crippen LogP contribution >= 0.6 is 0 Å². The Morgan fingerprint density at radius 3 is 2.79 bits per heavy atom. The number of halogens is 1. The molecule has 1 aliphatic rings. The highest BCUT2D eigenvalue weighted by Crippen LogP contribution is 2.18. The molecule has 0 bridgehead atoms. The third-order valence-electron chi connectivity index (χ3n) is 2.80. The zero-order chi connectivity index (χ0) is 9.80. The molecule has 0 N–H and O–H groups in total. The molecule has 0 unspecified atom stereocenters. The summed E-state index contributed by atoms with van der Waals surface area (Å²) in [5, 5.41) is 4.31. The van der Waals surface area contributed by atoms with Gasteiger partial charge in [0.05, 0.1) is 0 Å². The quantitative estimate of drug-likeness (QED) is 0.683. The van der Waals surface area contributed by atoms with Gasteiger partial charge in [0.2, 0.25) is 0 Å². The smallest absolute Gasteiger partial charge is 0.123 e. The van der Waals surface area contributed by atoms with Crippen molar-refractivity contribution in [3.8, 4) is 0 Å². The summed E-state index contributed by atoms with van der Waals surface area (Å²) in [5.74, 6) is 0.581. The van der Waals surface area contributed by atoms with E-state index in [0.717, 1.165) is 37.9 Å². The van der Waals surface area contributed by atoms with Gasteiger partial charge in [-0.05, 0) is 42.9 Å². The van der Waals surface area contributed by atoms with Crippen LogP contribution in [0, 0.1) is 11.7 Å². The van der Waals surface area contributed by atoms with Crippen molar-refractivity contribution in [1.29, 1.82) is 0 Å². The summed E-state index contributed by atoms with van der Waals surface area (Å²) in [6.45, 7) is 1.97. The lowest BCUT2D eigenvalue weighted by Gasteiger charge is -2.21. The minimum absolute atomic E-state index is 0.122. The second kappa shape index (κ2) is 4.56. The lowest BCUT2D eigenvalue weighted by molar-refractivity contribution is 0.367. The number of hydrogen-bond donors (Lipinski definition) is 0. The molecule has 1 aliphatic heterocycles. The minimum atomic E-state index is -0.122. The monoisotopic (exact) mass is 192 g/mol. The molecule has 2 heteroatoms. The van der Waals surface area contributed by atoms with Gasteiger partial charge in [-0.25, -0.2) is 9.71 Å². The van der Waals surface area contributed by atoms with Crippen LogP contribution in [0.15, 0.2) is 24.3 Å². The summed E-state index contributed by atoms with van der Waals surface area (Å²) in [6.07, 6.45) is 3.33. The van der Waals surface area contributed by atoms with E-state index in [2.05, 4.69) is 5.32 Å². The van der Waals surface area contributed by atoms with E-state index in [4.69, 9.17) is 0 Å². The van der Waals surface area contributed by atoms with Gasteiger partial charge in [0, 0.05) is 13.1 Å². The van der Waals surface area contributed by atoms with Crippen molar-refractivity contribution in [1.82, 2.24) is 5.32 Å². The van der Waals surface area contributed by atoms with E-state index < -0.39 is 0 Å². The summed E-state index contributed by atoms with van der Waals surface area (Å²) >= 11 is 0. The van der Waals surface area contributed by atoms with Crippen molar-refractivity contribution >= 4 is 0 Å². The molecule has 1 radical (unpaired) electrons. The highest BCUT2D eigenvalue weighted by Gasteiger charge is 2.14. The van der Waals surface area contributed by atoms with Crippen molar-refractivity contribution in [3.63, 3.8) is 0 Å². The molecule has 0 amide bonds. The first-order valence-corrected chi connectivity index (χ1v) is 5.22. The molecule has 0 atom stereocenters. The average molecular weight is 192 g/mol. The van der Waals surface area contributed by atoms with Crippen LogP contribution in [0.2, 0.25) is 0 Å². The Hall–Kier alpha value is -0.890. The fraction of sp³-hybridized carbons (Fsp3) is 0.500. The Labute approximate surface area is 84.3 Å². The van der Waals surface area contributed by atoms with Crippen molar-refractivity contribution < 1.29 is 4.39 Å². The Morgan fingerprint density at radius 1 is 1.29 bits per heavy atom. The first-order valence-electron chi connectivity index (χ1n) is 5.22. The summed E-state index contributed by atoms with van der Waals surface area (Å²) < 4.78 is 12.9. The highest BCUT2D eigenvalue weighted by molar-refractivity contribution is 5.16. The molecule has 75 valence electrons. The second-order valence-corrected chi connectivity index (χ2v) is 3.95. The maximum absolute atomic E-state index is 12.9. The van der Waals surface area contributed by atoms with E-state index in [1.165, 1.54) is 6.07 Å². The van der Waals surface area contributed by atoms with Crippen LogP contribution in [0.4, 0.5) is 4.39 Å². The van der Waals surface area contributed by atoms with E-state index in [-0.39, 0.29) is 5.82 Å². The van der Waals surface area contributed by atoms with Crippen molar-refractivity contribution in [2.45, 2.75) is 19.3 Å². The number of piperidine rings is 1. The minimum Gasteiger partial charge on any atom is -0.242 e. The molecule has 1 saturated heterocycles. The van der Waals surface area contributed by atoms with Gasteiger partial charge in [0.25, 0.3) is 0 Å². The van der Waals surface area contributed by atoms with Crippen LogP contribution in [0.5, 0.6) is 0 Å². The predicted octanol–water partition coefficient (Wildman–Crippen LogP) is 2.38. The number of benzene rings is 1. The van der Waals surface area contributed by atoms with Crippen LogP contribution in [0.25, 0.3) is 0 Å². The number of nitrogens with zero attached hydrogens (tertiary/aromatic N) is 1. The van der Waals surface area contributed by atoms with Crippen molar-refractivity contribution in [3.05, 3.63) is 35.6 Å². The Bertz CT molecular complexity index is 292. The van der Waals surface area contributed by atoms with Gasteiger partial charge in [-0.3, -0.25) is 0 Å². The van der Waals surface area contributed by atoms with Crippen molar-refractivity contribution in [2.24, 2.45) is 5.92 Å². The fourth-order valence-corrected chi connectivity index (χ4v) is 2.01. The largest absolute Gasteiger partial charge is 0.242 e. The summed E-state index contributed by atoms with van der Waals surface area (Å²) in [5.41, 5.74) is 1.12. The molecule has 1 nitrogen and oxygen atoms in total. The van der Waals surface area contributed by atoms with Gasteiger partial charge in [-0.15, -0.1) is 0 Å². The summed E-state index contributed by atoms with van der Waals surface area (Å²) in [4.78, 5) is 0. The molecule has 0 saturated carbocycles. The molecule has 0 spiro atoms. The predicted molar refractivity (Wildman–Crippen MR) is 54.7 cm³/mol. The molecule has 1 heterocycles.